The Hall–Kier alpha value is -2.32. The number of pyridine rings is 1. The number of aromatic hydroxyl groups is 1. The summed E-state index contributed by atoms with van der Waals surface area (Å²) >= 11 is 3.35. The number of nitriles is 1. The van der Waals surface area contributed by atoms with E-state index in [9.17, 15) is 10.4 Å². The van der Waals surface area contributed by atoms with E-state index < -0.39 is 0 Å². The van der Waals surface area contributed by atoms with Crippen molar-refractivity contribution in [3.63, 3.8) is 0 Å². The molecule has 0 bridgehead atoms. The molecule has 1 heterocycles. The first kappa shape index (κ1) is 14.1. The second-order valence-electron chi connectivity index (χ2n) is 3.93. The molecular weight excluding hydrogens is 320 g/mol. The van der Waals surface area contributed by atoms with E-state index in [0.717, 1.165) is 5.56 Å². The van der Waals surface area contributed by atoms with Gasteiger partial charge in [-0.15, -0.1) is 0 Å². The molecule has 0 saturated carbocycles. The van der Waals surface area contributed by atoms with Gasteiger partial charge in [0.25, 0.3) is 0 Å². The van der Waals surface area contributed by atoms with E-state index in [1.807, 2.05) is 6.07 Å². The van der Waals surface area contributed by atoms with Crippen LogP contribution in [0.1, 0.15) is 11.3 Å². The SMILES string of the molecule is COc1cc(/C=C(\C#N)c2ccccn2)c(Br)cc1O. The molecule has 0 aliphatic carbocycles. The van der Waals surface area contributed by atoms with E-state index in [-0.39, 0.29) is 5.75 Å². The van der Waals surface area contributed by atoms with E-state index in [1.165, 1.54) is 13.2 Å². The molecule has 4 nitrogen and oxygen atoms in total. The standard InChI is InChI=1S/C15H11BrN2O2/c1-20-15-7-10(12(16)8-14(15)19)6-11(9-17)13-4-2-3-5-18-13/h2-8,19H,1H3/b11-6+. The number of benzene rings is 1. The Labute approximate surface area is 125 Å². The lowest BCUT2D eigenvalue weighted by Gasteiger charge is -2.07. The first-order chi connectivity index (χ1) is 9.65. The predicted molar refractivity (Wildman–Crippen MR) is 80.1 cm³/mol. The van der Waals surface area contributed by atoms with Crippen molar-refractivity contribution in [3.8, 4) is 17.6 Å². The third-order valence-corrected chi connectivity index (χ3v) is 3.35. The van der Waals surface area contributed by atoms with Crippen LogP contribution in [0.5, 0.6) is 11.5 Å². The van der Waals surface area contributed by atoms with Crippen LogP contribution in [-0.2, 0) is 0 Å². The number of hydrogen-bond acceptors (Lipinski definition) is 4. The van der Waals surface area contributed by atoms with Crippen LogP contribution >= 0.6 is 15.9 Å². The third kappa shape index (κ3) is 2.98. The van der Waals surface area contributed by atoms with Crippen molar-refractivity contribution in [2.24, 2.45) is 0 Å². The number of phenolic OH excluding ortho intramolecular Hbond substituents is 1. The van der Waals surface area contributed by atoms with Crippen LogP contribution in [0.3, 0.4) is 0 Å². The Morgan fingerprint density at radius 1 is 1.45 bits per heavy atom. The van der Waals surface area contributed by atoms with Crippen LogP contribution in [0.25, 0.3) is 11.6 Å². The van der Waals surface area contributed by atoms with Gasteiger partial charge in [-0.05, 0) is 35.9 Å². The van der Waals surface area contributed by atoms with E-state index >= 15 is 0 Å². The van der Waals surface area contributed by atoms with Gasteiger partial charge in [-0.3, -0.25) is 4.98 Å². The molecule has 1 aromatic heterocycles. The van der Waals surface area contributed by atoms with Gasteiger partial charge in [-0.2, -0.15) is 5.26 Å². The monoisotopic (exact) mass is 330 g/mol. The summed E-state index contributed by atoms with van der Waals surface area (Å²) in [6.45, 7) is 0. The van der Waals surface area contributed by atoms with E-state index in [0.29, 0.717) is 21.5 Å². The fraction of sp³-hybridized carbons (Fsp3) is 0.0667. The van der Waals surface area contributed by atoms with Crippen molar-refractivity contribution < 1.29 is 9.84 Å². The lowest BCUT2D eigenvalue weighted by molar-refractivity contribution is 0.373. The highest BCUT2D eigenvalue weighted by molar-refractivity contribution is 9.10. The molecule has 0 spiro atoms. The average Bonchev–Trinajstić information content (AvgIpc) is 2.47. The summed E-state index contributed by atoms with van der Waals surface area (Å²) in [5.74, 6) is 0.380. The minimum Gasteiger partial charge on any atom is -0.504 e. The molecule has 20 heavy (non-hydrogen) atoms. The summed E-state index contributed by atoms with van der Waals surface area (Å²) in [6, 6.07) is 10.7. The largest absolute Gasteiger partial charge is 0.504 e. The van der Waals surface area contributed by atoms with Crippen LogP contribution in [0, 0.1) is 11.3 Å². The minimum absolute atomic E-state index is 0.0351. The van der Waals surface area contributed by atoms with Gasteiger partial charge in [0.2, 0.25) is 0 Å². The van der Waals surface area contributed by atoms with Gasteiger partial charge in [0.1, 0.15) is 6.07 Å². The van der Waals surface area contributed by atoms with E-state index in [4.69, 9.17) is 4.74 Å². The predicted octanol–water partition coefficient (Wildman–Crippen LogP) is 3.62. The summed E-state index contributed by atoms with van der Waals surface area (Å²) in [5, 5.41) is 18.9. The molecule has 0 aliphatic rings. The fourth-order valence-corrected chi connectivity index (χ4v) is 2.12. The van der Waals surface area contributed by atoms with Gasteiger partial charge in [-0.25, -0.2) is 0 Å². The van der Waals surface area contributed by atoms with E-state index in [1.54, 1.807) is 30.5 Å². The van der Waals surface area contributed by atoms with Crippen molar-refractivity contribution in [2.45, 2.75) is 0 Å². The van der Waals surface area contributed by atoms with Crippen LogP contribution in [-0.4, -0.2) is 17.2 Å². The summed E-state index contributed by atoms with van der Waals surface area (Å²) < 4.78 is 5.73. The molecule has 1 aromatic carbocycles. The zero-order chi connectivity index (χ0) is 14.5. The molecule has 2 aromatic rings. The quantitative estimate of drug-likeness (QED) is 0.873. The van der Waals surface area contributed by atoms with Crippen molar-refractivity contribution in [3.05, 3.63) is 52.3 Å². The number of nitrogens with zero attached hydrogens (tertiary/aromatic N) is 2. The Morgan fingerprint density at radius 3 is 2.85 bits per heavy atom. The topological polar surface area (TPSA) is 66.1 Å². The summed E-state index contributed by atoms with van der Waals surface area (Å²) in [5.41, 5.74) is 1.75. The Balaban J connectivity index is 2.51. The Morgan fingerprint density at radius 2 is 2.25 bits per heavy atom. The first-order valence-corrected chi connectivity index (χ1v) is 6.54. The van der Waals surface area contributed by atoms with E-state index in [2.05, 4.69) is 27.0 Å². The van der Waals surface area contributed by atoms with Crippen LogP contribution < -0.4 is 4.74 Å². The smallest absolute Gasteiger partial charge is 0.161 e. The van der Waals surface area contributed by atoms with Crippen molar-refractivity contribution >= 4 is 27.6 Å². The average molecular weight is 331 g/mol. The number of phenols is 1. The van der Waals surface area contributed by atoms with Crippen molar-refractivity contribution in [2.75, 3.05) is 7.11 Å². The van der Waals surface area contributed by atoms with Gasteiger partial charge < -0.3 is 9.84 Å². The number of aromatic nitrogens is 1. The van der Waals surface area contributed by atoms with Gasteiger partial charge in [0, 0.05) is 10.7 Å². The summed E-state index contributed by atoms with van der Waals surface area (Å²) in [7, 11) is 1.47. The highest BCUT2D eigenvalue weighted by Gasteiger charge is 2.09. The highest BCUT2D eigenvalue weighted by Crippen LogP contribution is 2.34. The van der Waals surface area contributed by atoms with Crippen molar-refractivity contribution in [1.29, 1.82) is 5.26 Å². The van der Waals surface area contributed by atoms with Crippen LogP contribution in [0.15, 0.2) is 41.0 Å². The maximum Gasteiger partial charge on any atom is 0.161 e. The normalized spacial score (nSPS) is 10.9. The summed E-state index contributed by atoms with van der Waals surface area (Å²) in [6.07, 6.45) is 3.32. The number of allylic oxidation sites excluding steroid dienone is 1. The second kappa shape index (κ2) is 6.22. The zero-order valence-electron chi connectivity index (χ0n) is 10.7. The molecule has 2 rings (SSSR count). The number of hydrogen-bond donors (Lipinski definition) is 1. The maximum absolute atomic E-state index is 9.67. The van der Waals surface area contributed by atoms with Gasteiger partial charge in [0.15, 0.2) is 11.5 Å². The highest BCUT2D eigenvalue weighted by atomic mass is 79.9. The van der Waals surface area contributed by atoms with Crippen molar-refractivity contribution in [1.82, 2.24) is 4.98 Å². The molecule has 0 saturated heterocycles. The second-order valence-corrected chi connectivity index (χ2v) is 4.78. The van der Waals surface area contributed by atoms with Crippen LogP contribution in [0.4, 0.5) is 0 Å². The minimum atomic E-state index is 0.0351. The Bertz CT molecular complexity index is 691. The lowest BCUT2D eigenvalue weighted by atomic mass is 10.1. The lowest BCUT2D eigenvalue weighted by Crippen LogP contribution is -1.89. The number of methoxy groups -OCH3 is 1. The number of ether oxygens (including phenoxy) is 1. The fourth-order valence-electron chi connectivity index (χ4n) is 1.67. The molecular formula is C15H11BrN2O2. The zero-order valence-corrected chi connectivity index (χ0v) is 12.3. The molecule has 0 fully saturated rings. The molecule has 0 amide bonds. The third-order valence-electron chi connectivity index (χ3n) is 2.66. The molecule has 0 unspecified atom stereocenters. The van der Waals surface area contributed by atoms with Gasteiger partial charge >= 0.3 is 0 Å². The maximum atomic E-state index is 9.67. The molecule has 0 radical (unpaired) electrons. The number of halogens is 1. The number of rotatable bonds is 3. The van der Waals surface area contributed by atoms with Crippen LogP contribution in [0.2, 0.25) is 0 Å². The summed E-state index contributed by atoms with van der Waals surface area (Å²) in [4.78, 5) is 4.15. The first-order valence-electron chi connectivity index (χ1n) is 5.75. The molecule has 0 aliphatic heterocycles. The molecule has 100 valence electrons. The van der Waals surface area contributed by atoms with Gasteiger partial charge in [0.05, 0.1) is 18.4 Å². The Kier molecular flexibility index (Phi) is 4.38. The molecule has 1 N–H and O–H groups in total. The molecule has 0 atom stereocenters. The van der Waals surface area contributed by atoms with Gasteiger partial charge in [-0.1, -0.05) is 22.0 Å². The molecule has 5 heteroatoms.